The van der Waals surface area contributed by atoms with Crippen molar-refractivity contribution in [3.63, 3.8) is 0 Å². The van der Waals surface area contributed by atoms with E-state index in [0.717, 1.165) is 0 Å². The Bertz CT molecular complexity index is 283. The van der Waals surface area contributed by atoms with Gasteiger partial charge in [0.1, 0.15) is 0 Å². The Hall–Kier alpha value is -0.560. The van der Waals surface area contributed by atoms with Gasteiger partial charge in [0.25, 0.3) is 0 Å². The van der Waals surface area contributed by atoms with Crippen LogP contribution < -0.4 is 0 Å². The predicted molar refractivity (Wildman–Crippen MR) is 48.3 cm³/mol. The van der Waals surface area contributed by atoms with Crippen molar-refractivity contribution in [3.05, 3.63) is 0 Å². The smallest absolute Gasteiger partial charge is 0.169 e. The van der Waals surface area contributed by atoms with E-state index in [1.165, 1.54) is 13.8 Å². The molecular weight excluding hydrogens is 174 g/mol. The largest absolute Gasteiger partial charge is 0.227 e. The fraction of sp³-hybridized carbons (Fsp3) is 0.875. The van der Waals surface area contributed by atoms with Crippen molar-refractivity contribution in [1.29, 1.82) is 5.26 Å². The summed E-state index contributed by atoms with van der Waals surface area (Å²) in [5.41, 5.74) is 0. The number of nitrogens with zero attached hydrogens (tertiary/aromatic N) is 1. The molecule has 0 fully saturated rings. The molecule has 0 radical (unpaired) electrons. The van der Waals surface area contributed by atoms with Crippen LogP contribution in [0.3, 0.4) is 0 Å². The van der Waals surface area contributed by atoms with Crippen molar-refractivity contribution in [2.45, 2.75) is 32.4 Å². The summed E-state index contributed by atoms with van der Waals surface area (Å²) < 4.78 is 21.7. The molecule has 70 valence electrons. The average Bonchev–Trinajstić information content (AvgIpc) is 1.84. The van der Waals surface area contributed by atoms with Gasteiger partial charge in [-0.2, -0.15) is 5.26 Å². The van der Waals surface area contributed by atoms with Crippen LogP contribution in [0.25, 0.3) is 0 Å². The van der Waals surface area contributed by atoms with E-state index in [-0.39, 0.29) is 11.7 Å². The van der Waals surface area contributed by atoms with Crippen LogP contribution in [0.5, 0.6) is 0 Å². The lowest BCUT2D eigenvalue weighted by Gasteiger charge is -2.17. The minimum atomic E-state index is -3.27. The Balaban J connectivity index is 4.79. The highest BCUT2D eigenvalue weighted by molar-refractivity contribution is 7.93. The molecule has 3 nitrogen and oxygen atoms in total. The molecule has 0 aliphatic carbocycles. The Labute approximate surface area is 74.3 Å². The molecule has 0 unspecified atom stereocenters. The van der Waals surface area contributed by atoms with Crippen molar-refractivity contribution in [2.75, 3.05) is 5.75 Å². The first kappa shape index (κ1) is 11.4. The highest BCUT2D eigenvalue weighted by atomic mass is 32.2. The molecule has 0 rings (SSSR count). The normalized spacial score (nSPS) is 13.0. The van der Waals surface area contributed by atoms with Crippen molar-refractivity contribution < 1.29 is 8.42 Å². The van der Waals surface area contributed by atoms with E-state index in [0.29, 0.717) is 0 Å². The summed E-state index contributed by atoms with van der Waals surface area (Å²) >= 11 is 0. The summed E-state index contributed by atoms with van der Waals surface area (Å²) in [6, 6.07) is 1.80. The van der Waals surface area contributed by atoms with E-state index in [4.69, 9.17) is 5.26 Å². The van der Waals surface area contributed by atoms with Crippen molar-refractivity contribution in [1.82, 2.24) is 0 Å². The molecule has 0 aromatic rings. The summed E-state index contributed by atoms with van der Waals surface area (Å²) in [5, 5.41) is 8.61. The molecule has 0 saturated carbocycles. The van der Waals surface area contributed by atoms with Crippen LogP contribution in [0.15, 0.2) is 0 Å². The van der Waals surface area contributed by atoms with Crippen molar-refractivity contribution >= 4 is 9.84 Å². The average molecular weight is 189 g/mol. The number of nitriles is 1. The first-order valence-electron chi connectivity index (χ1n) is 3.86. The van der Waals surface area contributed by atoms with E-state index < -0.39 is 14.6 Å². The zero-order valence-corrected chi connectivity index (χ0v) is 8.77. The van der Waals surface area contributed by atoms with E-state index >= 15 is 0 Å². The van der Waals surface area contributed by atoms with E-state index in [2.05, 4.69) is 0 Å². The SMILES string of the molecule is CC(C)CS(=O)(=O)C(C)(C)C#N. The maximum absolute atomic E-state index is 11.5. The third-order valence-electron chi connectivity index (χ3n) is 1.60. The topological polar surface area (TPSA) is 57.9 Å². The molecule has 0 aliphatic heterocycles. The van der Waals surface area contributed by atoms with Crippen LogP contribution in [-0.4, -0.2) is 18.9 Å². The van der Waals surface area contributed by atoms with Crippen LogP contribution >= 0.6 is 0 Å². The third kappa shape index (κ3) is 2.49. The molecule has 0 bridgehead atoms. The molecule has 0 spiro atoms. The Morgan fingerprint density at radius 1 is 1.42 bits per heavy atom. The van der Waals surface area contributed by atoms with Crippen LogP contribution in [0, 0.1) is 17.2 Å². The molecule has 0 saturated heterocycles. The van der Waals surface area contributed by atoms with Crippen molar-refractivity contribution in [2.24, 2.45) is 5.92 Å². The van der Waals surface area contributed by atoms with E-state index in [1.807, 2.05) is 13.8 Å². The number of rotatable bonds is 3. The Morgan fingerprint density at radius 3 is 2.08 bits per heavy atom. The van der Waals surface area contributed by atoms with Crippen LogP contribution in [0.4, 0.5) is 0 Å². The first-order chi connectivity index (χ1) is 5.23. The van der Waals surface area contributed by atoms with Gasteiger partial charge in [0.15, 0.2) is 14.6 Å². The predicted octanol–water partition coefficient (Wildman–Crippen LogP) is 1.36. The van der Waals surface area contributed by atoms with Crippen LogP contribution in [0.2, 0.25) is 0 Å². The zero-order chi connectivity index (χ0) is 9.99. The van der Waals surface area contributed by atoms with Gasteiger partial charge < -0.3 is 0 Å². The van der Waals surface area contributed by atoms with Crippen LogP contribution in [0.1, 0.15) is 27.7 Å². The molecular formula is C8H15NO2S. The Kier molecular flexibility index (Phi) is 3.28. The first-order valence-corrected chi connectivity index (χ1v) is 5.51. The van der Waals surface area contributed by atoms with Gasteiger partial charge in [-0.15, -0.1) is 0 Å². The monoisotopic (exact) mass is 189 g/mol. The van der Waals surface area contributed by atoms with Gasteiger partial charge in [0.05, 0.1) is 11.8 Å². The fourth-order valence-corrected chi connectivity index (χ4v) is 2.15. The summed E-state index contributed by atoms with van der Waals surface area (Å²) in [7, 11) is -3.27. The molecule has 0 atom stereocenters. The number of hydrogen-bond acceptors (Lipinski definition) is 3. The van der Waals surface area contributed by atoms with Gasteiger partial charge in [0, 0.05) is 0 Å². The van der Waals surface area contributed by atoms with Gasteiger partial charge in [0.2, 0.25) is 0 Å². The standard InChI is InChI=1S/C8H15NO2S/c1-7(2)5-12(10,11)8(3,4)6-9/h7H,5H2,1-4H3. The Morgan fingerprint density at radius 2 is 1.83 bits per heavy atom. The maximum Gasteiger partial charge on any atom is 0.169 e. The molecule has 0 amide bonds. The van der Waals surface area contributed by atoms with E-state index in [1.54, 1.807) is 6.07 Å². The summed E-state index contributed by atoms with van der Waals surface area (Å²) in [5.74, 6) is 0.149. The molecule has 12 heavy (non-hydrogen) atoms. The van der Waals surface area contributed by atoms with Crippen LogP contribution in [-0.2, 0) is 9.84 Å². The second-order valence-electron chi connectivity index (χ2n) is 3.80. The quantitative estimate of drug-likeness (QED) is 0.673. The summed E-state index contributed by atoms with van der Waals surface area (Å²) in [6.07, 6.45) is 0. The van der Waals surface area contributed by atoms with E-state index in [9.17, 15) is 8.42 Å². The third-order valence-corrected chi connectivity index (χ3v) is 4.35. The highest BCUT2D eigenvalue weighted by Gasteiger charge is 2.34. The molecule has 0 aliphatic rings. The highest BCUT2D eigenvalue weighted by Crippen LogP contribution is 2.18. The summed E-state index contributed by atoms with van der Waals surface area (Å²) in [4.78, 5) is 0. The second kappa shape index (κ2) is 3.44. The lowest BCUT2D eigenvalue weighted by atomic mass is 10.2. The molecule has 0 heterocycles. The lowest BCUT2D eigenvalue weighted by Crippen LogP contribution is -2.33. The molecule has 4 heteroatoms. The van der Waals surface area contributed by atoms with Gasteiger partial charge in [-0.3, -0.25) is 0 Å². The minimum absolute atomic E-state index is 0.0719. The summed E-state index contributed by atoms with van der Waals surface area (Å²) in [6.45, 7) is 6.52. The fourth-order valence-electron chi connectivity index (χ4n) is 0.717. The van der Waals surface area contributed by atoms with Crippen molar-refractivity contribution in [3.8, 4) is 6.07 Å². The van der Waals surface area contributed by atoms with Gasteiger partial charge >= 0.3 is 0 Å². The second-order valence-corrected chi connectivity index (χ2v) is 6.38. The van der Waals surface area contributed by atoms with Gasteiger partial charge in [-0.25, -0.2) is 8.42 Å². The molecule has 0 aromatic heterocycles. The lowest BCUT2D eigenvalue weighted by molar-refractivity contribution is 0.561. The van der Waals surface area contributed by atoms with Gasteiger partial charge in [-0.05, 0) is 19.8 Å². The van der Waals surface area contributed by atoms with Gasteiger partial charge in [-0.1, -0.05) is 13.8 Å². The zero-order valence-electron chi connectivity index (χ0n) is 7.96. The minimum Gasteiger partial charge on any atom is -0.227 e. The molecule has 0 aromatic carbocycles. The molecule has 0 N–H and O–H groups in total. The maximum atomic E-state index is 11.5. The number of hydrogen-bond donors (Lipinski definition) is 0. The number of sulfone groups is 1.